The number of halogens is 1. The zero-order valence-corrected chi connectivity index (χ0v) is 14.5. The van der Waals surface area contributed by atoms with Crippen molar-refractivity contribution in [2.24, 2.45) is 0 Å². The van der Waals surface area contributed by atoms with E-state index in [4.69, 9.17) is 16.9 Å². The van der Waals surface area contributed by atoms with Crippen LogP contribution in [0.15, 0.2) is 47.4 Å². The smallest absolute Gasteiger partial charge is 0.255 e. The maximum absolute atomic E-state index is 12.3. The Labute approximate surface area is 145 Å². The summed E-state index contributed by atoms with van der Waals surface area (Å²) in [5, 5.41) is 11.9. The molecule has 0 aliphatic heterocycles. The van der Waals surface area contributed by atoms with E-state index in [9.17, 15) is 13.2 Å². The molecule has 0 saturated heterocycles. The van der Waals surface area contributed by atoms with Crippen LogP contribution in [0.2, 0.25) is 5.02 Å². The van der Waals surface area contributed by atoms with E-state index < -0.39 is 15.9 Å². The molecule has 1 N–H and O–H groups in total. The SMILES string of the molecule is CN(C)S(=O)(=O)c1cccc(C(=O)Nc2ccc(Cl)c(C#N)c2)c1. The molecule has 6 nitrogen and oxygen atoms in total. The maximum atomic E-state index is 12.3. The van der Waals surface area contributed by atoms with Gasteiger partial charge in [0.1, 0.15) is 6.07 Å². The highest BCUT2D eigenvalue weighted by atomic mass is 35.5. The van der Waals surface area contributed by atoms with Crippen LogP contribution >= 0.6 is 11.6 Å². The van der Waals surface area contributed by atoms with E-state index in [2.05, 4.69) is 5.32 Å². The van der Waals surface area contributed by atoms with Gasteiger partial charge >= 0.3 is 0 Å². The van der Waals surface area contributed by atoms with Crippen LogP contribution in [-0.2, 0) is 10.0 Å². The van der Waals surface area contributed by atoms with Crippen LogP contribution in [0.5, 0.6) is 0 Å². The number of nitriles is 1. The Kier molecular flexibility index (Phi) is 5.24. The predicted octanol–water partition coefficient (Wildman–Crippen LogP) is 2.71. The van der Waals surface area contributed by atoms with Crippen molar-refractivity contribution in [3.8, 4) is 6.07 Å². The summed E-state index contributed by atoms with van der Waals surface area (Å²) < 4.78 is 25.3. The fourth-order valence-corrected chi connectivity index (χ4v) is 3.01. The van der Waals surface area contributed by atoms with Crippen molar-refractivity contribution < 1.29 is 13.2 Å². The van der Waals surface area contributed by atoms with E-state index in [1.165, 1.54) is 50.5 Å². The first kappa shape index (κ1) is 17.9. The average molecular weight is 364 g/mol. The lowest BCUT2D eigenvalue weighted by Crippen LogP contribution is -2.22. The third kappa shape index (κ3) is 3.74. The average Bonchev–Trinajstić information content (AvgIpc) is 2.56. The number of carbonyl (C=O) groups is 1. The molecule has 8 heteroatoms. The Hall–Kier alpha value is -2.40. The number of sulfonamides is 1. The highest BCUT2D eigenvalue weighted by Gasteiger charge is 2.18. The molecule has 124 valence electrons. The Morgan fingerprint density at radius 2 is 1.92 bits per heavy atom. The van der Waals surface area contributed by atoms with Gasteiger partial charge in [0.25, 0.3) is 5.91 Å². The molecule has 2 aromatic carbocycles. The largest absolute Gasteiger partial charge is 0.322 e. The van der Waals surface area contributed by atoms with Gasteiger partial charge in [-0.15, -0.1) is 0 Å². The van der Waals surface area contributed by atoms with E-state index in [1.54, 1.807) is 6.07 Å². The zero-order chi connectivity index (χ0) is 17.9. The Morgan fingerprint density at radius 3 is 2.54 bits per heavy atom. The molecule has 0 heterocycles. The Balaban J connectivity index is 2.30. The van der Waals surface area contributed by atoms with Crippen LogP contribution in [0.4, 0.5) is 5.69 Å². The van der Waals surface area contributed by atoms with Crippen LogP contribution in [-0.4, -0.2) is 32.7 Å². The summed E-state index contributed by atoms with van der Waals surface area (Å²) in [4.78, 5) is 12.3. The van der Waals surface area contributed by atoms with Gasteiger partial charge < -0.3 is 5.32 Å². The van der Waals surface area contributed by atoms with Crippen molar-refractivity contribution in [2.45, 2.75) is 4.90 Å². The molecule has 0 saturated carbocycles. The molecular weight excluding hydrogens is 350 g/mol. The van der Waals surface area contributed by atoms with Crippen LogP contribution in [0.1, 0.15) is 15.9 Å². The summed E-state index contributed by atoms with van der Waals surface area (Å²) in [7, 11) is -0.797. The van der Waals surface area contributed by atoms with Gasteiger partial charge in [0.05, 0.1) is 15.5 Å². The van der Waals surface area contributed by atoms with Crippen LogP contribution in [0, 0.1) is 11.3 Å². The molecule has 0 radical (unpaired) electrons. The fraction of sp³-hybridized carbons (Fsp3) is 0.125. The van der Waals surface area contributed by atoms with Crippen LogP contribution in [0.25, 0.3) is 0 Å². The third-order valence-electron chi connectivity index (χ3n) is 3.22. The van der Waals surface area contributed by atoms with Crippen molar-refractivity contribution in [1.29, 1.82) is 5.26 Å². The van der Waals surface area contributed by atoms with Crippen molar-refractivity contribution in [3.05, 3.63) is 58.6 Å². The van der Waals surface area contributed by atoms with Gasteiger partial charge in [-0.25, -0.2) is 12.7 Å². The van der Waals surface area contributed by atoms with E-state index in [0.29, 0.717) is 5.69 Å². The minimum absolute atomic E-state index is 0.0222. The number of nitrogens with one attached hydrogen (secondary N) is 1. The maximum Gasteiger partial charge on any atom is 0.255 e. The number of hydrogen-bond acceptors (Lipinski definition) is 4. The highest BCUT2D eigenvalue weighted by Crippen LogP contribution is 2.21. The van der Waals surface area contributed by atoms with Crippen molar-refractivity contribution in [2.75, 3.05) is 19.4 Å². The fourth-order valence-electron chi connectivity index (χ4n) is 1.90. The molecule has 0 aliphatic carbocycles. The molecular formula is C16H14ClN3O3S. The lowest BCUT2D eigenvalue weighted by molar-refractivity contribution is 0.102. The second-order valence-electron chi connectivity index (χ2n) is 5.08. The predicted molar refractivity (Wildman–Crippen MR) is 91.4 cm³/mol. The quantitative estimate of drug-likeness (QED) is 0.904. The standard InChI is InChI=1S/C16H14ClN3O3S/c1-20(2)24(22,23)14-5-3-4-11(9-14)16(21)19-13-6-7-15(17)12(8-13)10-18/h3-9H,1-2H3,(H,19,21). The monoisotopic (exact) mass is 363 g/mol. The van der Waals surface area contributed by atoms with Crippen molar-refractivity contribution >= 4 is 33.2 Å². The number of amides is 1. The molecule has 0 aromatic heterocycles. The zero-order valence-electron chi connectivity index (χ0n) is 12.9. The van der Waals surface area contributed by atoms with Gasteiger partial charge in [-0.05, 0) is 36.4 Å². The van der Waals surface area contributed by atoms with Gasteiger partial charge in [0.2, 0.25) is 10.0 Å². The second kappa shape index (κ2) is 7.01. The number of anilines is 1. The van der Waals surface area contributed by atoms with Gasteiger partial charge in [0.15, 0.2) is 0 Å². The molecule has 0 fully saturated rings. The minimum Gasteiger partial charge on any atom is -0.322 e. The molecule has 0 spiro atoms. The highest BCUT2D eigenvalue weighted by molar-refractivity contribution is 7.89. The summed E-state index contributed by atoms with van der Waals surface area (Å²) in [5.41, 5.74) is 0.812. The Morgan fingerprint density at radius 1 is 1.21 bits per heavy atom. The summed E-state index contributed by atoms with van der Waals surface area (Å²) in [5.74, 6) is -0.489. The molecule has 0 bridgehead atoms. The third-order valence-corrected chi connectivity index (χ3v) is 5.36. The minimum atomic E-state index is -3.63. The van der Waals surface area contributed by atoms with E-state index in [1.807, 2.05) is 6.07 Å². The van der Waals surface area contributed by atoms with Crippen molar-refractivity contribution in [3.63, 3.8) is 0 Å². The topological polar surface area (TPSA) is 90.3 Å². The van der Waals surface area contributed by atoms with Gasteiger partial charge in [-0.2, -0.15) is 5.26 Å². The lowest BCUT2D eigenvalue weighted by atomic mass is 10.2. The van der Waals surface area contributed by atoms with E-state index in [-0.39, 0.29) is 21.0 Å². The molecule has 2 aromatic rings. The Bertz CT molecular complexity index is 934. The second-order valence-corrected chi connectivity index (χ2v) is 7.63. The number of nitrogens with zero attached hydrogens (tertiary/aromatic N) is 2. The number of carbonyl (C=O) groups excluding carboxylic acids is 1. The van der Waals surface area contributed by atoms with Gasteiger partial charge in [-0.3, -0.25) is 4.79 Å². The van der Waals surface area contributed by atoms with Crippen LogP contribution < -0.4 is 5.32 Å². The normalized spacial score (nSPS) is 11.1. The summed E-state index contributed by atoms with van der Waals surface area (Å²) in [6, 6.07) is 12.1. The first-order valence-corrected chi connectivity index (χ1v) is 8.61. The first-order chi connectivity index (χ1) is 11.3. The number of rotatable bonds is 4. The van der Waals surface area contributed by atoms with Crippen LogP contribution in [0.3, 0.4) is 0 Å². The lowest BCUT2D eigenvalue weighted by Gasteiger charge is -2.12. The van der Waals surface area contributed by atoms with Crippen molar-refractivity contribution in [1.82, 2.24) is 4.31 Å². The molecule has 2 rings (SSSR count). The van der Waals surface area contributed by atoms with Gasteiger partial charge in [0, 0.05) is 25.3 Å². The molecule has 0 aliphatic rings. The molecule has 24 heavy (non-hydrogen) atoms. The summed E-state index contributed by atoms with van der Waals surface area (Å²) in [6.45, 7) is 0. The number of benzene rings is 2. The summed E-state index contributed by atoms with van der Waals surface area (Å²) in [6.07, 6.45) is 0. The van der Waals surface area contributed by atoms with E-state index in [0.717, 1.165) is 4.31 Å². The molecule has 1 amide bonds. The first-order valence-electron chi connectivity index (χ1n) is 6.79. The summed E-state index contributed by atoms with van der Waals surface area (Å²) >= 11 is 5.84. The van der Waals surface area contributed by atoms with E-state index >= 15 is 0 Å². The molecule has 0 atom stereocenters. The number of hydrogen-bond donors (Lipinski definition) is 1. The van der Waals surface area contributed by atoms with Gasteiger partial charge in [-0.1, -0.05) is 17.7 Å². The molecule has 0 unspecified atom stereocenters.